The first-order valence-electron chi connectivity index (χ1n) is 6.85. The van der Waals surface area contributed by atoms with Gasteiger partial charge in [-0.05, 0) is 18.2 Å². The van der Waals surface area contributed by atoms with E-state index in [1.165, 1.54) is 18.5 Å². The summed E-state index contributed by atoms with van der Waals surface area (Å²) < 4.78 is 34.5. The molecule has 0 aliphatic rings. The molecule has 0 unspecified atom stereocenters. The molecule has 0 heterocycles. The zero-order valence-corrected chi connectivity index (χ0v) is 14.9. The number of hydrogen-bond donors (Lipinski definition) is 1. The number of anilines is 1. The van der Waals surface area contributed by atoms with Gasteiger partial charge in [-0.1, -0.05) is 11.6 Å². The molecule has 0 aliphatic carbocycles. The summed E-state index contributed by atoms with van der Waals surface area (Å²) in [7, 11) is -0.432. The van der Waals surface area contributed by atoms with Gasteiger partial charge in [-0.25, -0.2) is 8.42 Å². The fourth-order valence-electron chi connectivity index (χ4n) is 1.85. The first-order valence-corrected chi connectivity index (χ1v) is 9.08. The van der Waals surface area contributed by atoms with Gasteiger partial charge < -0.3 is 14.8 Å². The van der Waals surface area contributed by atoms with E-state index in [1.54, 1.807) is 18.2 Å². The summed E-state index contributed by atoms with van der Waals surface area (Å²) in [5.74, 6) is 0.138. The molecule has 1 aromatic carbocycles. The minimum atomic E-state index is -3.40. The van der Waals surface area contributed by atoms with E-state index >= 15 is 0 Å². The molecule has 0 saturated carbocycles. The van der Waals surface area contributed by atoms with Crippen LogP contribution in [0.2, 0.25) is 5.02 Å². The maximum atomic E-state index is 12.0. The molecule has 1 rings (SSSR count). The van der Waals surface area contributed by atoms with E-state index in [1.807, 2.05) is 0 Å². The van der Waals surface area contributed by atoms with Crippen LogP contribution in [0.1, 0.15) is 6.42 Å². The van der Waals surface area contributed by atoms with Gasteiger partial charge in [-0.3, -0.25) is 4.79 Å². The molecule has 7 nitrogen and oxygen atoms in total. The minimum absolute atomic E-state index is 0.00640. The number of hydrogen-bond acceptors (Lipinski definition) is 5. The first kappa shape index (κ1) is 19.7. The number of carbonyl (C=O) groups excluding carboxylic acids is 1. The third-order valence-electron chi connectivity index (χ3n) is 3.04. The maximum absolute atomic E-state index is 12.0. The molecule has 0 aliphatic heterocycles. The van der Waals surface area contributed by atoms with Crippen molar-refractivity contribution >= 4 is 33.2 Å². The van der Waals surface area contributed by atoms with E-state index in [0.717, 1.165) is 6.26 Å². The van der Waals surface area contributed by atoms with Gasteiger partial charge in [0.15, 0.2) is 0 Å². The van der Waals surface area contributed by atoms with Crippen LogP contribution in [0.4, 0.5) is 5.69 Å². The van der Waals surface area contributed by atoms with Crippen molar-refractivity contribution in [3.8, 4) is 5.75 Å². The Kier molecular flexibility index (Phi) is 7.77. The number of benzene rings is 1. The summed E-state index contributed by atoms with van der Waals surface area (Å²) in [6.45, 7) is 0.525. The summed E-state index contributed by atoms with van der Waals surface area (Å²) in [5.41, 5.74) is 0.438. The van der Waals surface area contributed by atoms with Gasteiger partial charge in [0, 0.05) is 31.6 Å². The Labute approximate surface area is 141 Å². The van der Waals surface area contributed by atoms with Gasteiger partial charge in [0.25, 0.3) is 0 Å². The van der Waals surface area contributed by atoms with Crippen LogP contribution in [-0.2, 0) is 19.6 Å². The Balaban J connectivity index is 2.67. The van der Waals surface area contributed by atoms with E-state index in [2.05, 4.69) is 5.32 Å². The molecule has 1 amide bonds. The molecule has 9 heteroatoms. The summed E-state index contributed by atoms with van der Waals surface area (Å²) in [6.07, 6.45) is 1.10. The fraction of sp³-hybridized carbons (Fsp3) is 0.500. The fourth-order valence-corrected chi connectivity index (χ4v) is 2.85. The summed E-state index contributed by atoms with van der Waals surface area (Å²) in [5, 5.41) is 3.12. The smallest absolute Gasteiger partial charge is 0.225 e. The third kappa shape index (κ3) is 6.74. The van der Waals surface area contributed by atoms with Crippen molar-refractivity contribution in [1.82, 2.24) is 4.31 Å². The number of methoxy groups -OCH3 is 2. The Morgan fingerprint density at radius 1 is 1.30 bits per heavy atom. The highest BCUT2D eigenvalue weighted by Crippen LogP contribution is 2.27. The second kappa shape index (κ2) is 9.07. The number of nitrogens with one attached hydrogen (secondary N) is 1. The Bertz CT molecular complexity index is 636. The monoisotopic (exact) mass is 364 g/mol. The van der Waals surface area contributed by atoms with Gasteiger partial charge in [0.1, 0.15) is 5.75 Å². The lowest BCUT2D eigenvalue weighted by Crippen LogP contribution is -2.35. The van der Waals surface area contributed by atoms with Crippen LogP contribution in [0.15, 0.2) is 18.2 Å². The molecule has 0 saturated heterocycles. The highest BCUT2D eigenvalue weighted by molar-refractivity contribution is 7.88. The van der Waals surface area contributed by atoms with E-state index in [-0.39, 0.29) is 32.0 Å². The molecule has 0 aromatic heterocycles. The van der Waals surface area contributed by atoms with Crippen molar-refractivity contribution in [2.75, 3.05) is 45.5 Å². The van der Waals surface area contributed by atoms with Gasteiger partial charge in [0.2, 0.25) is 15.9 Å². The normalized spacial score (nSPS) is 11.5. The summed E-state index contributed by atoms with van der Waals surface area (Å²) >= 11 is 5.89. The van der Waals surface area contributed by atoms with Crippen LogP contribution in [0, 0.1) is 0 Å². The SMILES string of the molecule is COCCN(CCC(=O)Nc1cc(Cl)ccc1OC)S(C)(=O)=O. The number of nitrogens with zero attached hydrogens (tertiary/aromatic N) is 1. The minimum Gasteiger partial charge on any atom is -0.495 e. The second-order valence-electron chi connectivity index (χ2n) is 4.80. The molecule has 0 spiro atoms. The zero-order chi connectivity index (χ0) is 17.5. The topological polar surface area (TPSA) is 84.9 Å². The van der Waals surface area contributed by atoms with E-state index in [9.17, 15) is 13.2 Å². The predicted molar refractivity (Wildman–Crippen MR) is 89.5 cm³/mol. The number of sulfonamides is 1. The van der Waals surface area contributed by atoms with Crippen LogP contribution in [0.5, 0.6) is 5.75 Å². The Morgan fingerprint density at radius 3 is 2.57 bits per heavy atom. The Morgan fingerprint density at radius 2 is 2.00 bits per heavy atom. The molecular formula is C14H21ClN2O5S. The van der Waals surface area contributed by atoms with Crippen molar-refractivity contribution < 1.29 is 22.7 Å². The largest absolute Gasteiger partial charge is 0.495 e. The maximum Gasteiger partial charge on any atom is 0.225 e. The van der Waals surface area contributed by atoms with Crippen molar-refractivity contribution in [3.63, 3.8) is 0 Å². The predicted octanol–water partition coefficient (Wildman–Crippen LogP) is 1.59. The van der Waals surface area contributed by atoms with Crippen LogP contribution in [-0.4, -0.2) is 58.8 Å². The summed E-state index contributed by atoms with van der Waals surface area (Å²) in [6, 6.07) is 4.85. The number of rotatable bonds is 9. The summed E-state index contributed by atoms with van der Waals surface area (Å²) in [4.78, 5) is 12.0. The van der Waals surface area contributed by atoms with E-state index < -0.39 is 10.0 Å². The molecule has 0 radical (unpaired) electrons. The standard InChI is InChI=1S/C14H21ClN2O5S/c1-21-9-8-17(23(3,19)20)7-6-14(18)16-12-10-11(15)4-5-13(12)22-2/h4-5,10H,6-9H2,1-3H3,(H,16,18). The molecule has 0 bridgehead atoms. The first-order chi connectivity index (χ1) is 10.8. The number of carbonyl (C=O) groups is 1. The quantitative estimate of drug-likeness (QED) is 0.719. The molecule has 130 valence electrons. The molecule has 23 heavy (non-hydrogen) atoms. The van der Waals surface area contributed by atoms with Crippen molar-refractivity contribution in [3.05, 3.63) is 23.2 Å². The van der Waals surface area contributed by atoms with E-state index in [0.29, 0.717) is 16.5 Å². The molecule has 0 atom stereocenters. The second-order valence-corrected chi connectivity index (χ2v) is 7.22. The van der Waals surface area contributed by atoms with Crippen LogP contribution in [0.3, 0.4) is 0 Å². The molecule has 0 fully saturated rings. The van der Waals surface area contributed by atoms with Gasteiger partial charge in [-0.2, -0.15) is 4.31 Å². The Hall–Kier alpha value is -1.35. The van der Waals surface area contributed by atoms with Gasteiger partial charge in [-0.15, -0.1) is 0 Å². The third-order valence-corrected chi connectivity index (χ3v) is 4.58. The lowest BCUT2D eigenvalue weighted by atomic mass is 10.2. The van der Waals surface area contributed by atoms with E-state index in [4.69, 9.17) is 21.1 Å². The van der Waals surface area contributed by atoms with Gasteiger partial charge in [0.05, 0.1) is 25.7 Å². The lowest BCUT2D eigenvalue weighted by Gasteiger charge is -2.19. The lowest BCUT2D eigenvalue weighted by molar-refractivity contribution is -0.116. The number of ether oxygens (including phenoxy) is 2. The molecular weight excluding hydrogens is 344 g/mol. The zero-order valence-electron chi connectivity index (χ0n) is 13.3. The average Bonchev–Trinajstić information content (AvgIpc) is 2.46. The highest BCUT2D eigenvalue weighted by atomic mass is 35.5. The number of amides is 1. The van der Waals surface area contributed by atoms with Gasteiger partial charge >= 0.3 is 0 Å². The molecule has 1 aromatic rings. The van der Waals surface area contributed by atoms with Crippen LogP contribution < -0.4 is 10.1 Å². The molecule has 1 N–H and O–H groups in total. The van der Waals surface area contributed by atoms with Crippen molar-refractivity contribution in [2.45, 2.75) is 6.42 Å². The number of halogens is 1. The van der Waals surface area contributed by atoms with Crippen LogP contribution >= 0.6 is 11.6 Å². The van der Waals surface area contributed by atoms with Crippen LogP contribution in [0.25, 0.3) is 0 Å². The van der Waals surface area contributed by atoms with Crippen molar-refractivity contribution in [2.24, 2.45) is 0 Å². The average molecular weight is 365 g/mol. The highest BCUT2D eigenvalue weighted by Gasteiger charge is 2.18. The van der Waals surface area contributed by atoms with Crippen molar-refractivity contribution in [1.29, 1.82) is 0 Å².